The van der Waals surface area contributed by atoms with E-state index in [9.17, 15) is 4.79 Å². The molecule has 21 heavy (non-hydrogen) atoms. The third-order valence-corrected chi connectivity index (χ3v) is 4.14. The van der Waals surface area contributed by atoms with Crippen molar-refractivity contribution in [3.8, 4) is 0 Å². The van der Waals surface area contributed by atoms with E-state index in [4.69, 9.17) is 11.6 Å². The zero-order valence-corrected chi connectivity index (χ0v) is 13.6. The van der Waals surface area contributed by atoms with Gasteiger partial charge in [0.25, 0.3) is 5.91 Å². The van der Waals surface area contributed by atoms with Crippen molar-refractivity contribution < 1.29 is 4.79 Å². The van der Waals surface area contributed by atoms with Crippen molar-refractivity contribution in [2.45, 2.75) is 26.8 Å². The van der Waals surface area contributed by atoms with E-state index in [0.29, 0.717) is 12.1 Å². The van der Waals surface area contributed by atoms with Gasteiger partial charge in [-0.15, -0.1) is 11.3 Å². The maximum atomic E-state index is 12.3. The topological polar surface area (TPSA) is 54.0 Å². The second kappa shape index (κ2) is 7.43. The van der Waals surface area contributed by atoms with E-state index in [1.54, 1.807) is 6.07 Å². The number of carbonyl (C=O) groups excluding carboxylic acids is 1. The molecule has 2 rings (SSSR count). The Morgan fingerprint density at radius 2 is 2.14 bits per heavy atom. The Balaban J connectivity index is 2.08. The van der Waals surface area contributed by atoms with Crippen molar-refractivity contribution in [2.24, 2.45) is 0 Å². The van der Waals surface area contributed by atoms with E-state index in [2.05, 4.69) is 15.6 Å². The first kappa shape index (κ1) is 15.8. The molecular formula is C15H18ClN3OS. The summed E-state index contributed by atoms with van der Waals surface area (Å²) in [7, 11) is 0. The number of aryl methyl sites for hydroxylation is 1. The fourth-order valence-electron chi connectivity index (χ4n) is 1.89. The van der Waals surface area contributed by atoms with Crippen molar-refractivity contribution in [1.82, 2.24) is 10.3 Å². The Hall–Kier alpha value is -1.59. The molecule has 6 heteroatoms. The van der Waals surface area contributed by atoms with Crippen LogP contribution >= 0.6 is 22.9 Å². The Morgan fingerprint density at radius 1 is 1.33 bits per heavy atom. The number of anilines is 1. The van der Waals surface area contributed by atoms with Crippen LogP contribution in [0.2, 0.25) is 4.34 Å². The molecule has 0 aliphatic carbocycles. The van der Waals surface area contributed by atoms with Crippen molar-refractivity contribution >= 4 is 34.7 Å². The predicted octanol–water partition coefficient (Wildman–Crippen LogP) is 3.72. The van der Waals surface area contributed by atoms with E-state index in [0.717, 1.165) is 33.7 Å². The molecule has 2 aromatic heterocycles. The molecule has 0 spiro atoms. The summed E-state index contributed by atoms with van der Waals surface area (Å²) in [6, 6.07) is 7.36. The van der Waals surface area contributed by atoms with Gasteiger partial charge in [0.15, 0.2) is 0 Å². The Labute approximate surface area is 133 Å². The van der Waals surface area contributed by atoms with Crippen LogP contribution in [0.25, 0.3) is 0 Å². The molecule has 0 aliphatic heterocycles. The van der Waals surface area contributed by atoms with Crippen LogP contribution in [0.15, 0.2) is 24.3 Å². The highest BCUT2D eigenvalue weighted by Crippen LogP contribution is 2.21. The van der Waals surface area contributed by atoms with Gasteiger partial charge in [-0.1, -0.05) is 18.5 Å². The fourth-order valence-corrected chi connectivity index (χ4v) is 2.92. The van der Waals surface area contributed by atoms with Gasteiger partial charge in [-0.05, 0) is 37.6 Å². The first-order chi connectivity index (χ1) is 10.1. The van der Waals surface area contributed by atoms with Crippen LogP contribution in [-0.2, 0) is 13.0 Å². The van der Waals surface area contributed by atoms with E-state index >= 15 is 0 Å². The standard InChI is InChI=1S/C15H18ClN3OS/c1-3-11-7-10(8-14(19-11)17-4-2)15(20)18-9-12-5-6-13(16)21-12/h5-8H,3-4,9H2,1-2H3,(H,17,19)(H,18,20). The normalized spacial score (nSPS) is 10.4. The lowest BCUT2D eigenvalue weighted by Gasteiger charge is -2.09. The molecule has 2 heterocycles. The van der Waals surface area contributed by atoms with Gasteiger partial charge in [0.05, 0.1) is 10.9 Å². The van der Waals surface area contributed by atoms with Crippen LogP contribution in [0.3, 0.4) is 0 Å². The second-order valence-corrected chi connectivity index (χ2v) is 6.30. The van der Waals surface area contributed by atoms with Crippen molar-refractivity contribution in [1.29, 1.82) is 0 Å². The summed E-state index contributed by atoms with van der Waals surface area (Å²) in [6.45, 7) is 5.28. The molecule has 112 valence electrons. The van der Waals surface area contributed by atoms with Gasteiger partial charge in [-0.2, -0.15) is 0 Å². The second-order valence-electron chi connectivity index (χ2n) is 4.50. The van der Waals surface area contributed by atoms with Crippen molar-refractivity contribution in [2.75, 3.05) is 11.9 Å². The largest absolute Gasteiger partial charge is 0.370 e. The summed E-state index contributed by atoms with van der Waals surface area (Å²) in [5.74, 6) is 0.636. The number of aromatic nitrogens is 1. The summed E-state index contributed by atoms with van der Waals surface area (Å²) < 4.78 is 0.728. The molecule has 0 bridgehead atoms. The van der Waals surface area contributed by atoms with Crippen LogP contribution < -0.4 is 10.6 Å². The van der Waals surface area contributed by atoms with Gasteiger partial charge in [0.2, 0.25) is 0 Å². The first-order valence-electron chi connectivity index (χ1n) is 6.89. The lowest BCUT2D eigenvalue weighted by Crippen LogP contribution is -2.23. The minimum atomic E-state index is -0.101. The number of rotatable bonds is 6. The molecule has 0 atom stereocenters. The Bertz CT molecular complexity index is 627. The predicted molar refractivity (Wildman–Crippen MR) is 88.3 cm³/mol. The van der Waals surface area contributed by atoms with E-state index < -0.39 is 0 Å². The van der Waals surface area contributed by atoms with Crippen LogP contribution in [0.5, 0.6) is 0 Å². The molecule has 4 nitrogen and oxygen atoms in total. The van der Waals surface area contributed by atoms with E-state index in [1.165, 1.54) is 11.3 Å². The summed E-state index contributed by atoms with van der Waals surface area (Å²) in [5, 5.41) is 6.05. The number of hydrogen-bond acceptors (Lipinski definition) is 4. The number of amides is 1. The molecule has 0 radical (unpaired) electrons. The van der Waals surface area contributed by atoms with Gasteiger partial charge in [-0.25, -0.2) is 4.98 Å². The summed E-state index contributed by atoms with van der Waals surface area (Å²) >= 11 is 7.35. The number of thiophene rings is 1. The highest BCUT2D eigenvalue weighted by atomic mass is 35.5. The Morgan fingerprint density at radius 3 is 2.76 bits per heavy atom. The van der Waals surface area contributed by atoms with Gasteiger partial charge < -0.3 is 10.6 Å². The van der Waals surface area contributed by atoms with Gasteiger partial charge in [0.1, 0.15) is 5.82 Å². The minimum absolute atomic E-state index is 0.101. The van der Waals surface area contributed by atoms with Crippen LogP contribution in [-0.4, -0.2) is 17.4 Å². The van der Waals surface area contributed by atoms with Crippen LogP contribution in [0.1, 0.15) is 34.8 Å². The molecule has 1 amide bonds. The molecular weight excluding hydrogens is 306 g/mol. The smallest absolute Gasteiger partial charge is 0.251 e. The van der Waals surface area contributed by atoms with Gasteiger partial charge in [0, 0.05) is 22.7 Å². The first-order valence-corrected chi connectivity index (χ1v) is 8.09. The maximum Gasteiger partial charge on any atom is 0.251 e. The molecule has 0 fully saturated rings. The molecule has 0 saturated heterocycles. The lowest BCUT2D eigenvalue weighted by atomic mass is 10.2. The highest BCUT2D eigenvalue weighted by Gasteiger charge is 2.09. The van der Waals surface area contributed by atoms with E-state index in [-0.39, 0.29) is 5.91 Å². The number of nitrogens with zero attached hydrogens (tertiary/aromatic N) is 1. The lowest BCUT2D eigenvalue weighted by molar-refractivity contribution is 0.0951. The molecule has 0 unspecified atom stereocenters. The monoisotopic (exact) mass is 323 g/mol. The van der Waals surface area contributed by atoms with Gasteiger partial charge in [-0.3, -0.25) is 4.79 Å². The molecule has 0 saturated carbocycles. The number of carbonyl (C=O) groups is 1. The molecule has 2 N–H and O–H groups in total. The average molecular weight is 324 g/mol. The minimum Gasteiger partial charge on any atom is -0.370 e. The zero-order chi connectivity index (χ0) is 15.2. The summed E-state index contributed by atoms with van der Waals surface area (Å²) in [6.07, 6.45) is 0.792. The Kier molecular flexibility index (Phi) is 5.59. The molecule has 0 aromatic carbocycles. The quantitative estimate of drug-likeness (QED) is 0.852. The van der Waals surface area contributed by atoms with Crippen molar-refractivity contribution in [3.05, 3.63) is 44.7 Å². The number of halogens is 1. The summed E-state index contributed by atoms with van der Waals surface area (Å²) in [4.78, 5) is 17.7. The number of nitrogens with one attached hydrogen (secondary N) is 2. The summed E-state index contributed by atoms with van der Waals surface area (Å²) in [5.41, 5.74) is 1.53. The van der Waals surface area contributed by atoms with Crippen molar-refractivity contribution in [3.63, 3.8) is 0 Å². The fraction of sp³-hybridized carbons (Fsp3) is 0.333. The number of pyridine rings is 1. The van der Waals surface area contributed by atoms with Gasteiger partial charge >= 0.3 is 0 Å². The highest BCUT2D eigenvalue weighted by molar-refractivity contribution is 7.16. The number of hydrogen-bond donors (Lipinski definition) is 2. The zero-order valence-electron chi connectivity index (χ0n) is 12.1. The van der Waals surface area contributed by atoms with Crippen LogP contribution in [0, 0.1) is 0 Å². The average Bonchev–Trinajstić information content (AvgIpc) is 2.90. The molecule has 0 aliphatic rings. The SMILES string of the molecule is CCNc1cc(C(=O)NCc2ccc(Cl)s2)cc(CC)n1. The molecule has 2 aromatic rings. The van der Waals surface area contributed by atoms with E-state index in [1.807, 2.05) is 32.0 Å². The third kappa shape index (κ3) is 4.44. The van der Waals surface area contributed by atoms with Crippen LogP contribution in [0.4, 0.5) is 5.82 Å². The maximum absolute atomic E-state index is 12.3. The third-order valence-electron chi connectivity index (χ3n) is 2.91.